The Bertz CT molecular complexity index is 616. The van der Waals surface area contributed by atoms with Gasteiger partial charge < -0.3 is 19.9 Å². The summed E-state index contributed by atoms with van der Waals surface area (Å²) in [7, 11) is -3.10. The van der Waals surface area contributed by atoms with Crippen LogP contribution in [0.2, 0.25) is 0 Å². The zero-order valence-corrected chi connectivity index (χ0v) is 12.4. The van der Waals surface area contributed by atoms with E-state index in [0.29, 0.717) is 19.8 Å². The molecule has 0 aromatic heterocycles. The highest BCUT2D eigenvalue weighted by Crippen LogP contribution is 2.30. The third kappa shape index (κ3) is 3.48. The number of hydrogen-bond acceptors (Lipinski definition) is 6. The zero-order chi connectivity index (χ0) is 14.9. The Morgan fingerprint density at radius 1 is 1.19 bits per heavy atom. The lowest BCUT2D eigenvalue weighted by Crippen LogP contribution is -2.39. The van der Waals surface area contributed by atoms with E-state index in [2.05, 4.69) is 5.32 Å². The summed E-state index contributed by atoms with van der Waals surface area (Å²) in [5.41, 5.74) is 1.09. The van der Waals surface area contributed by atoms with E-state index in [1.165, 1.54) is 0 Å². The van der Waals surface area contributed by atoms with Gasteiger partial charge in [-0.2, -0.15) is 0 Å². The number of aliphatic hydroxyl groups is 1. The molecule has 0 aliphatic carbocycles. The number of nitrogens with one attached hydrogen (secondary N) is 1. The maximum atomic E-state index is 11.4. The van der Waals surface area contributed by atoms with Crippen LogP contribution in [-0.2, 0) is 16.3 Å². The average molecular weight is 313 g/mol. The molecule has 0 spiro atoms. The van der Waals surface area contributed by atoms with Gasteiger partial charge in [0.2, 0.25) is 0 Å². The minimum atomic E-state index is -3.10. The van der Waals surface area contributed by atoms with Crippen LogP contribution in [0.5, 0.6) is 11.5 Å². The third-order valence-electron chi connectivity index (χ3n) is 3.75. The summed E-state index contributed by atoms with van der Waals surface area (Å²) in [5, 5.41) is 12.8. The van der Waals surface area contributed by atoms with Crippen LogP contribution < -0.4 is 14.8 Å². The molecule has 2 N–H and O–H groups in total. The van der Waals surface area contributed by atoms with Crippen LogP contribution in [0.1, 0.15) is 5.56 Å². The molecule has 2 aliphatic heterocycles. The van der Waals surface area contributed by atoms with Crippen molar-refractivity contribution < 1.29 is 23.0 Å². The van der Waals surface area contributed by atoms with E-state index >= 15 is 0 Å². The molecule has 1 saturated heterocycles. The van der Waals surface area contributed by atoms with Crippen LogP contribution in [0.25, 0.3) is 0 Å². The molecule has 1 aromatic carbocycles. The van der Waals surface area contributed by atoms with Crippen molar-refractivity contribution >= 4 is 9.84 Å². The second kappa shape index (κ2) is 5.82. The molecule has 0 saturated carbocycles. The third-order valence-corrected chi connectivity index (χ3v) is 5.47. The first-order valence-electron chi connectivity index (χ1n) is 7.04. The van der Waals surface area contributed by atoms with E-state index in [0.717, 1.165) is 23.5 Å². The largest absolute Gasteiger partial charge is 0.486 e. The standard InChI is InChI=1S/C14H19NO5S/c16-12-9-21(17,18)8-11(12)15-4-3-10-1-2-13-14(7-10)20-6-5-19-13/h1-2,7,11-12,15-16H,3-6,8-9H2. The summed E-state index contributed by atoms with van der Waals surface area (Å²) < 4.78 is 33.8. The molecule has 6 nitrogen and oxygen atoms in total. The molecule has 0 amide bonds. The van der Waals surface area contributed by atoms with Crippen molar-refractivity contribution in [3.05, 3.63) is 23.8 Å². The van der Waals surface area contributed by atoms with Gasteiger partial charge in [-0.15, -0.1) is 0 Å². The second-order valence-electron chi connectivity index (χ2n) is 5.43. The van der Waals surface area contributed by atoms with E-state index in [-0.39, 0.29) is 17.5 Å². The van der Waals surface area contributed by atoms with Gasteiger partial charge in [0.25, 0.3) is 0 Å². The minimum Gasteiger partial charge on any atom is -0.486 e. The van der Waals surface area contributed by atoms with Gasteiger partial charge in [-0.05, 0) is 30.7 Å². The summed E-state index contributed by atoms with van der Waals surface area (Å²) in [5.74, 6) is 1.38. The van der Waals surface area contributed by atoms with E-state index in [4.69, 9.17) is 9.47 Å². The monoisotopic (exact) mass is 313 g/mol. The lowest BCUT2D eigenvalue weighted by Gasteiger charge is -2.19. The van der Waals surface area contributed by atoms with Crippen LogP contribution in [0.15, 0.2) is 18.2 Å². The first-order valence-corrected chi connectivity index (χ1v) is 8.86. The molecule has 0 bridgehead atoms. The maximum Gasteiger partial charge on any atom is 0.161 e. The highest BCUT2D eigenvalue weighted by Gasteiger charge is 2.35. The Morgan fingerprint density at radius 2 is 1.95 bits per heavy atom. The second-order valence-corrected chi connectivity index (χ2v) is 7.59. The van der Waals surface area contributed by atoms with Gasteiger partial charge in [0, 0.05) is 6.04 Å². The molecule has 21 heavy (non-hydrogen) atoms. The lowest BCUT2D eigenvalue weighted by molar-refractivity contribution is 0.166. The fourth-order valence-corrected chi connectivity index (χ4v) is 4.45. The van der Waals surface area contributed by atoms with Crippen molar-refractivity contribution in [3.63, 3.8) is 0 Å². The molecular weight excluding hydrogens is 294 g/mol. The fourth-order valence-electron chi connectivity index (χ4n) is 2.67. The van der Waals surface area contributed by atoms with Gasteiger partial charge in [0.15, 0.2) is 21.3 Å². The SMILES string of the molecule is O=S1(=O)CC(O)C(NCCc2ccc3c(c2)OCCO3)C1. The van der Waals surface area contributed by atoms with Gasteiger partial charge in [0.1, 0.15) is 13.2 Å². The average Bonchev–Trinajstić information content (AvgIpc) is 2.71. The smallest absolute Gasteiger partial charge is 0.161 e. The molecule has 2 heterocycles. The van der Waals surface area contributed by atoms with Gasteiger partial charge in [0.05, 0.1) is 17.6 Å². The van der Waals surface area contributed by atoms with Gasteiger partial charge >= 0.3 is 0 Å². The van der Waals surface area contributed by atoms with Gasteiger partial charge in [-0.25, -0.2) is 8.42 Å². The highest BCUT2D eigenvalue weighted by atomic mass is 32.2. The summed E-state index contributed by atoms with van der Waals surface area (Å²) in [4.78, 5) is 0. The predicted octanol–water partition coefficient (Wildman–Crippen LogP) is -0.252. The number of sulfone groups is 1. The molecule has 7 heteroatoms. The molecule has 3 rings (SSSR count). The van der Waals surface area contributed by atoms with Crippen LogP contribution in [0, 0.1) is 0 Å². The summed E-state index contributed by atoms with van der Waals surface area (Å²) >= 11 is 0. The van der Waals surface area contributed by atoms with Crippen molar-refractivity contribution in [1.82, 2.24) is 5.32 Å². The normalized spacial score (nSPS) is 26.7. The zero-order valence-electron chi connectivity index (χ0n) is 11.6. The van der Waals surface area contributed by atoms with Crippen LogP contribution in [-0.4, -0.2) is 56.9 Å². The van der Waals surface area contributed by atoms with Gasteiger partial charge in [-0.3, -0.25) is 0 Å². The van der Waals surface area contributed by atoms with Crippen molar-refractivity contribution in [2.24, 2.45) is 0 Å². The number of ether oxygens (including phenoxy) is 2. The first-order chi connectivity index (χ1) is 10.0. The number of rotatable bonds is 4. The topological polar surface area (TPSA) is 84.9 Å². The van der Waals surface area contributed by atoms with Gasteiger partial charge in [-0.1, -0.05) is 6.07 Å². The van der Waals surface area contributed by atoms with E-state index in [1.54, 1.807) is 0 Å². The molecule has 2 unspecified atom stereocenters. The van der Waals surface area contributed by atoms with Crippen LogP contribution >= 0.6 is 0 Å². The van der Waals surface area contributed by atoms with E-state index in [1.807, 2.05) is 18.2 Å². The number of fused-ring (bicyclic) bond motifs is 1. The molecule has 2 atom stereocenters. The Hall–Kier alpha value is -1.31. The molecular formula is C14H19NO5S. The Labute approximate surface area is 124 Å². The molecule has 0 radical (unpaired) electrons. The maximum absolute atomic E-state index is 11.4. The molecule has 1 aromatic rings. The van der Waals surface area contributed by atoms with Crippen molar-refractivity contribution in [2.45, 2.75) is 18.6 Å². The van der Waals surface area contributed by atoms with Crippen LogP contribution in [0.4, 0.5) is 0 Å². The van der Waals surface area contributed by atoms with E-state index < -0.39 is 15.9 Å². The fraction of sp³-hybridized carbons (Fsp3) is 0.571. The van der Waals surface area contributed by atoms with Crippen LogP contribution in [0.3, 0.4) is 0 Å². The quantitative estimate of drug-likeness (QED) is 0.797. The molecule has 1 fully saturated rings. The molecule has 2 aliphatic rings. The van der Waals surface area contributed by atoms with Crippen molar-refractivity contribution in [2.75, 3.05) is 31.3 Å². The van der Waals surface area contributed by atoms with E-state index in [9.17, 15) is 13.5 Å². The number of hydrogen-bond donors (Lipinski definition) is 2. The lowest BCUT2D eigenvalue weighted by atomic mass is 10.1. The summed E-state index contributed by atoms with van der Waals surface area (Å²) in [6, 6.07) is 5.43. The molecule has 116 valence electrons. The predicted molar refractivity (Wildman–Crippen MR) is 77.6 cm³/mol. The highest BCUT2D eigenvalue weighted by molar-refractivity contribution is 7.91. The first kappa shape index (κ1) is 14.6. The number of benzene rings is 1. The minimum absolute atomic E-state index is 0.00923. The Morgan fingerprint density at radius 3 is 2.67 bits per heavy atom. The number of aliphatic hydroxyl groups excluding tert-OH is 1. The van der Waals surface area contributed by atoms with Crippen molar-refractivity contribution in [1.29, 1.82) is 0 Å². The van der Waals surface area contributed by atoms with Crippen molar-refractivity contribution in [3.8, 4) is 11.5 Å². The summed E-state index contributed by atoms with van der Waals surface area (Å²) in [6.07, 6.45) is -0.0739. The Balaban J connectivity index is 1.54. The summed E-state index contributed by atoms with van der Waals surface area (Å²) in [6.45, 7) is 1.74. The Kier molecular flexibility index (Phi) is 4.05.